The van der Waals surface area contributed by atoms with Crippen LogP contribution in [-0.2, 0) is 0 Å². The molecule has 6 nitrogen and oxygen atoms in total. The second-order valence-electron chi connectivity index (χ2n) is 5.71. The lowest BCUT2D eigenvalue weighted by molar-refractivity contribution is 0.0735. The number of rotatable bonds is 4. The number of carbonyl (C=O) groups excluding carboxylic acids is 1. The summed E-state index contributed by atoms with van der Waals surface area (Å²) in [7, 11) is 3.19. The number of nitrogens with zero attached hydrogens (tertiary/aromatic N) is 1. The van der Waals surface area contributed by atoms with E-state index in [0.29, 0.717) is 23.6 Å². The molecular weight excluding hydrogens is 308 g/mol. The first-order valence-corrected chi connectivity index (χ1v) is 7.85. The van der Waals surface area contributed by atoms with Gasteiger partial charge in [0.15, 0.2) is 11.5 Å². The SMILES string of the molecule is COc1ccc([C@@H]2CCCN2C(=O)c2ccc(=O)[nH]c2)cc1OC. The van der Waals surface area contributed by atoms with Crippen molar-refractivity contribution in [1.29, 1.82) is 0 Å². The number of H-pyrrole nitrogens is 1. The van der Waals surface area contributed by atoms with Gasteiger partial charge in [-0.25, -0.2) is 0 Å². The van der Waals surface area contributed by atoms with E-state index in [1.54, 1.807) is 20.3 Å². The van der Waals surface area contributed by atoms with Gasteiger partial charge in [-0.15, -0.1) is 0 Å². The van der Waals surface area contributed by atoms with Crippen molar-refractivity contribution in [3.05, 3.63) is 58.0 Å². The summed E-state index contributed by atoms with van der Waals surface area (Å²) in [4.78, 5) is 28.3. The van der Waals surface area contributed by atoms with Gasteiger partial charge in [0.2, 0.25) is 5.56 Å². The van der Waals surface area contributed by atoms with Crippen LogP contribution in [0.2, 0.25) is 0 Å². The lowest BCUT2D eigenvalue weighted by atomic mass is 10.0. The minimum atomic E-state index is -0.218. The molecule has 0 aliphatic carbocycles. The number of methoxy groups -OCH3 is 2. The zero-order valence-electron chi connectivity index (χ0n) is 13.7. The third-order valence-electron chi connectivity index (χ3n) is 4.34. The van der Waals surface area contributed by atoms with Crippen molar-refractivity contribution in [1.82, 2.24) is 9.88 Å². The number of aromatic amines is 1. The fraction of sp³-hybridized carbons (Fsp3) is 0.333. The van der Waals surface area contributed by atoms with Crippen molar-refractivity contribution >= 4 is 5.91 Å². The molecule has 1 aromatic carbocycles. The summed E-state index contributed by atoms with van der Waals surface area (Å²) >= 11 is 0. The highest BCUT2D eigenvalue weighted by Crippen LogP contribution is 2.37. The van der Waals surface area contributed by atoms with Crippen molar-refractivity contribution in [2.75, 3.05) is 20.8 Å². The Balaban J connectivity index is 1.89. The minimum absolute atomic E-state index is 0.00997. The number of nitrogens with one attached hydrogen (secondary N) is 1. The second-order valence-corrected chi connectivity index (χ2v) is 5.71. The number of benzene rings is 1. The Labute approximate surface area is 140 Å². The van der Waals surface area contributed by atoms with E-state index in [1.165, 1.54) is 12.3 Å². The van der Waals surface area contributed by atoms with E-state index >= 15 is 0 Å². The molecule has 126 valence electrons. The van der Waals surface area contributed by atoms with Crippen LogP contribution >= 0.6 is 0 Å². The number of amides is 1. The van der Waals surface area contributed by atoms with E-state index in [2.05, 4.69) is 4.98 Å². The summed E-state index contributed by atoms with van der Waals surface area (Å²) in [6.45, 7) is 0.691. The van der Waals surface area contributed by atoms with Crippen molar-refractivity contribution in [3.63, 3.8) is 0 Å². The highest BCUT2D eigenvalue weighted by Gasteiger charge is 2.31. The van der Waals surface area contributed by atoms with E-state index in [-0.39, 0.29) is 17.5 Å². The molecule has 1 saturated heterocycles. The molecule has 0 radical (unpaired) electrons. The summed E-state index contributed by atoms with van der Waals surface area (Å²) < 4.78 is 10.6. The van der Waals surface area contributed by atoms with E-state index in [1.807, 2.05) is 23.1 Å². The molecule has 0 spiro atoms. The molecule has 1 amide bonds. The topological polar surface area (TPSA) is 71.6 Å². The Morgan fingerprint density at radius 3 is 2.62 bits per heavy atom. The van der Waals surface area contributed by atoms with Gasteiger partial charge in [-0.3, -0.25) is 9.59 Å². The summed E-state index contributed by atoms with van der Waals surface area (Å²) in [5.74, 6) is 1.24. The molecule has 1 aliphatic rings. The third kappa shape index (κ3) is 2.99. The standard InChI is InChI=1S/C18H20N2O4/c1-23-15-7-5-12(10-16(15)24-2)14-4-3-9-20(14)18(22)13-6-8-17(21)19-11-13/h5-8,10-11,14H,3-4,9H2,1-2H3,(H,19,21)/t14-/m0/s1. The number of likely N-dealkylation sites (tertiary alicyclic amines) is 1. The molecular formula is C18H20N2O4. The summed E-state index contributed by atoms with van der Waals surface area (Å²) in [5.41, 5.74) is 1.29. The van der Waals surface area contributed by atoms with Crippen LogP contribution in [0, 0.1) is 0 Å². The predicted octanol–water partition coefficient (Wildman–Crippen LogP) is 2.37. The lowest BCUT2D eigenvalue weighted by Crippen LogP contribution is -2.31. The number of aromatic nitrogens is 1. The first-order valence-electron chi connectivity index (χ1n) is 7.85. The minimum Gasteiger partial charge on any atom is -0.493 e. The molecule has 0 bridgehead atoms. The van der Waals surface area contributed by atoms with Gasteiger partial charge >= 0.3 is 0 Å². The van der Waals surface area contributed by atoms with Gasteiger partial charge in [-0.1, -0.05) is 6.07 Å². The van der Waals surface area contributed by atoms with Crippen molar-refractivity contribution < 1.29 is 14.3 Å². The maximum atomic E-state index is 12.8. The van der Waals surface area contributed by atoms with E-state index < -0.39 is 0 Å². The monoisotopic (exact) mass is 328 g/mol. The highest BCUT2D eigenvalue weighted by molar-refractivity contribution is 5.94. The van der Waals surface area contributed by atoms with Crippen LogP contribution in [0.4, 0.5) is 0 Å². The van der Waals surface area contributed by atoms with E-state index in [0.717, 1.165) is 18.4 Å². The molecule has 0 unspecified atom stereocenters. The molecule has 2 aromatic rings. The Kier molecular flexibility index (Phi) is 4.55. The molecule has 1 atom stereocenters. The first-order chi connectivity index (χ1) is 11.6. The quantitative estimate of drug-likeness (QED) is 0.935. The van der Waals surface area contributed by atoms with Gasteiger partial charge in [-0.2, -0.15) is 0 Å². The summed E-state index contributed by atoms with van der Waals surface area (Å²) in [6.07, 6.45) is 3.30. The number of carbonyl (C=O) groups is 1. The van der Waals surface area contributed by atoms with E-state index in [4.69, 9.17) is 9.47 Å². The lowest BCUT2D eigenvalue weighted by Gasteiger charge is -2.25. The van der Waals surface area contributed by atoms with Gasteiger partial charge in [0.05, 0.1) is 25.8 Å². The molecule has 1 N–H and O–H groups in total. The normalized spacial score (nSPS) is 16.9. The first kappa shape index (κ1) is 16.1. The van der Waals surface area contributed by atoms with Crippen molar-refractivity contribution in [2.24, 2.45) is 0 Å². The molecule has 1 aliphatic heterocycles. The third-order valence-corrected chi connectivity index (χ3v) is 4.34. The van der Waals surface area contributed by atoms with Crippen LogP contribution in [0.15, 0.2) is 41.3 Å². The molecule has 6 heteroatoms. The van der Waals surface area contributed by atoms with Crippen molar-refractivity contribution in [3.8, 4) is 11.5 Å². The van der Waals surface area contributed by atoms with Crippen LogP contribution in [0.25, 0.3) is 0 Å². The van der Waals surface area contributed by atoms with Crippen LogP contribution in [0.1, 0.15) is 34.8 Å². The van der Waals surface area contributed by atoms with Gasteiger partial charge in [0, 0.05) is 18.8 Å². The van der Waals surface area contributed by atoms with Gasteiger partial charge in [0.1, 0.15) is 0 Å². The number of pyridine rings is 1. The van der Waals surface area contributed by atoms with Gasteiger partial charge in [-0.05, 0) is 36.6 Å². The Morgan fingerprint density at radius 1 is 1.17 bits per heavy atom. The number of hydrogen-bond donors (Lipinski definition) is 1. The molecule has 2 heterocycles. The maximum Gasteiger partial charge on any atom is 0.255 e. The molecule has 1 aromatic heterocycles. The van der Waals surface area contributed by atoms with Gasteiger partial charge in [0.25, 0.3) is 5.91 Å². The van der Waals surface area contributed by atoms with Crippen LogP contribution in [0.3, 0.4) is 0 Å². The van der Waals surface area contributed by atoms with Gasteiger partial charge < -0.3 is 19.4 Å². The van der Waals surface area contributed by atoms with Crippen LogP contribution in [0.5, 0.6) is 11.5 Å². The average Bonchev–Trinajstić information content (AvgIpc) is 3.10. The smallest absolute Gasteiger partial charge is 0.255 e. The van der Waals surface area contributed by atoms with Crippen LogP contribution < -0.4 is 15.0 Å². The van der Waals surface area contributed by atoms with E-state index in [9.17, 15) is 9.59 Å². The number of ether oxygens (including phenoxy) is 2. The molecule has 0 saturated carbocycles. The molecule has 1 fully saturated rings. The Morgan fingerprint density at radius 2 is 1.96 bits per heavy atom. The average molecular weight is 328 g/mol. The maximum absolute atomic E-state index is 12.8. The summed E-state index contributed by atoms with van der Waals surface area (Å²) in [6, 6.07) is 8.66. The Hall–Kier alpha value is -2.76. The van der Waals surface area contributed by atoms with Crippen molar-refractivity contribution in [2.45, 2.75) is 18.9 Å². The number of hydrogen-bond acceptors (Lipinski definition) is 4. The fourth-order valence-electron chi connectivity index (χ4n) is 3.13. The highest BCUT2D eigenvalue weighted by atomic mass is 16.5. The van der Waals surface area contributed by atoms with Crippen LogP contribution in [-0.4, -0.2) is 36.6 Å². The second kappa shape index (κ2) is 6.78. The zero-order chi connectivity index (χ0) is 17.1. The fourth-order valence-corrected chi connectivity index (χ4v) is 3.13. The largest absolute Gasteiger partial charge is 0.493 e. The predicted molar refractivity (Wildman–Crippen MR) is 89.6 cm³/mol. The molecule has 24 heavy (non-hydrogen) atoms. The Bertz CT molecular complexity index is 779. The molecule has 3 rings (SSSR count). The zero-order valence-corrected chi connectivity index (χ0v) is 13.7. The summed E-state index contributed by atoms with van der Waals surface area (Å²) in [5, 5.41) is 0.